The number of alkyl halides is 3. The molecule has 1 aromatic carbocycles. The molecule has 6 nitrogen and oxygen atoms in total. The lowest BCUT2D eigenvalue weighted by Crippen LogP contribution is -2.37. The predicted molar refractivity (Wildman–Crippen MR) is 95.8 cm³/mol. The van der Waals surface area contributed by atoms with E-state index in [4.69, 9.17) is 0 Å². The average molecular weight is 389 g/mol. The van der Waals surface area contributed by atoms with Crippen LogP contribution in [0.1, 0.15) is 31.2 Å². The molecule has 0 radical (unpaired) electrons. The molecule has 0 bridgehead atoms. The van der Waals surface area contributed by atoms with Crippen LogP contribution >= 0.6 is 0 Å². The molecule has 0 spiro atoms. The average Bonchev–Trinajstić information content (AvgIpc) is 2.62. The summed E-state index contributed by atoms with van der Waals surface area (Å²) in [5.41, 5.74) is 1.32. The normalized spacial score (nSPS) is 10.3. The Kier molecular flexibility index (Phi) is 12.3. The van der Waals surface area contributed by atoms with Crippen LogP contribution in [0.3, 0.4) is 0 Å². The molecule has 9 heteroatoms. The fraction of sp³-hybridized carbons (Fsp3) is 0.500. The highest BCUT2D eigenvalue weighted by molar-refractivity contribution is 5.84. The van der Waals surface area contributed by atoms with Gasteiger partial charge in [-0.2, -0.15) is 13.2 Å². The first kappa shape index (κ1) is 24.4. The number of carbonyl (C=O) groups is 3. The maximum absolute atomic E-state index is 11.8. The standard InChI is InChI=1S/C11H18F3N3O3.C7H8/c1-15-9(19)7-17-8(18)5-3-2-4-6-16-10(20)11(12,13)14;1-7-5-3-2-4-6-7/h2-7H2,1H3,(H,15,19)(H,16,20)(H,17,18);2-6H,1H3. The summed E-state index contributed by atoms with van der Waals surface area (Å²) in [6.45, 7) is 1.90. The van der Waals surface area contributed by atoms with Gasteiger partial charge in [0.15, 0.2) is 0 Å². The van der Waals surface area contributed by atoms with Gasteiger partial charge in [-0.05, 0) is 19.8 Å². The summed E-state index contributed by atoms with van der Waals surface area (Å²) in [5, 5.41) is 6.48. The number of amides is 3. The van der Waals surface area contributed by atoms with E-state index >= 15 is 0 Å². The Morgan fingerprint density at radius 3 is 2.04 bits per heavy atom. The van der Waals surface area contributed by atoms with Gasteiger partial charge in [-0.25, -0.2) is 0 Å². The summed E-state index contributed by atoms with van der Waals surface area (Å²) in [6.07, 6.45) is -3.35. The van der Waals surface area contributed by atoms with Crippen LogP contribution in [0.2, 0.25) is 0 Å². The van der Waals surface area contributed by atoms with E-state index in [-0.39, 0.29) is 31.3 Å². The molecule has 0 unspecified atom stereocenters. The van der Waals surface area contributed by atoms with Gasteiger partial charge in [0.05, 0.1) is 6.54 Å². The van der Waals surface area contributed by atoms with Crippen LogP contribution < -0.4 is 16.0 Å². The molecular weight excluding hydrogens is 363 g/mol. The number of halogens is 3. The SMILES string of the molecule is CNC(=O)CNC(=O)CCCCCNC(=O)C(F)(F)F.Cc1ccccc1. The Morgan fingerprint density at radius 2 is 1.56 bits per heavy atom. The lowest BCUT2D eigenvalue weighted by atomic mass is 10.2. The summed E-state index contributed by atoms with van der Waals surface area (Å²) in [6, 6.07) is 10.3. The zero-order chi connectivity index (χ0) is 20.7. The lowest BCUT2D eigenvalue weighted by molar-refractivity contribution is -0.173. The van der Waals surface area contributed by atoms with Crippen molar-refractivity contribution in [1.29, 1.82) is 0 Å². The van der Waals surface area contributed by atoms with Gasteiger partial charge in [-0.3, -0.25) is 14.4 Å². The largest absolute Gasteiger partial charge is 0.471 e. The number of benzene rings is 1. The molecule has 1 rings (SSSR count). The predicted octanol–water partition coefficient (Wildman–Crippen LogP) is 2.08. The zero-order valence-electron chi connectivity index (χ0n) is 15.5. The van der Waals surface area contributed by atoms with Crippen LogP contribution in [-0.2, 0) is 14.4 Å². The molecular formula is C18H26F3N3O3. The van der Waals surface area contributed by atoms with Gasteiger partial charge in [0.1, 0.15) is 0 Å². The molecule has 3 N–H and O–H groups in total. The van der Waals surface area contributed by atoms with Gasteiger partial charge in [-0.15, -0.1) is 0 Å². The quantitative estimate of drug-likeness (QED) is 0.595. The fourth-order valence-electron chi connectivity index (χ4n) is 1.78. The van der Waals surface area contributed by atoms with E-state index < -0.39 is 12.1 Å². The molecule has 0 aliphatic carbocycles. The van der Waals surface area contributed by atoms with Gasteiger partial charge in [0, 0.05) is 20.0 Å². The van der Waals surface area contributed by atoms with Crippen molar-refractivity contribution in [2.45, 2.75) is 38.8 Å². The second kappa shape index (κ2) is 13.6. The Labute approximate surface area is 156 Å². The monoisotopic (exact) mass is 389 g/mol. The Bertz CT molecular complexity index is 578. The van der Waals surface area contributed by atoms with Crippen LogP contribution in [0.25, 0.3) is 0 Å². The maximum Gasteiger partial charge on any atom is 0.471 e. The van der Waals surface area contributed by atoms with E-state index in [0.29, 0.717) is 19.3 Å². The number of hydrogen-bond acceptors (Lipinski definition) is 3. The van der Waals surface area contributed by atoms with Crippen LogP contribution in [0, 0.1) is 6.92 Å². The second-order valence-corrected chi connectivity index (χ2v) is 5.67. The third-order valence-corrected chi connectivity index (χ3v) is 3.29. The number of nitrogens with one attached hydrogen (secondary N) is 3. The minimum Gasteiger partial charge on any atom is -0.358 e. The molecule has 0 saturated heterocycles. The smallest absolute Gasteiger partial charge is 0.358 e. The van der Waals surface area contributed by atoms with Crippen molar-refractivity contribution in [1.82, 2.24) is 16.0 Å². The highest BCUT2D eigenvalue weighted by Gasteiger charge is 2.38. The number of rotatable bonds is 8. The van der Waals surface area contributed by atoms with Crippen LogP contribution in [-0.4, -0.2) is 44.0 Å². The van der Waals surface area contributed by atoms with Crippen LogP contribution in [0.15, 0.2) is 30.3 Å². The molecule has 0 aliphatic heterocycles. The summed E-state index contributed by atoms with van der Waals surface area (Å²) in [5.74, 6) is -2.57. The van der Waals surface area contributed by atoms with Crippen molar-refractivity contribution in [2.24, 2.45) is 0 Å². The van der Waals surface area contributed by atoms with Gasteiger partial charge in [-0.1, -0.05) is 42.3 Å². The maximum atomic E-state index is 11.8. The Hall–Kier alpha value is -2.58. The van der Waals surface area contributed by atoms with E-state index in [1.54, 1.807) is 5.32 Å². The number of aryl methyl sites for hydroxylation is 1. The minimum atomic E-state index is -4.86. The Morgan fingerprint density at radius 1 is 0.926 bits per heavy atom. The molecule has 152 valence electrons. The first-order valence-corrected chi connectivity index (χ1v) is 8.50. The van der Waals surface area contributed by atoms with Gasteiger partial charge >= 0.3 is 12.1 Å². The van der Waals surface area contributed by atoms with E-state index in [1.807, 2.05) is 18.2 Å². The molecule has 0 fully saturated rings. The van der Waals surface area contributed by atoms with Crippen LogP contribution in [0.4, 0.5) is 13.2 Å². The molecule has 0 saturated carbocycles. The second-order valence-electron chi connectivity index (χ2n) is 5.67. The first-order chi connectivity index (χ1) is 12.7. The summed E-state index contributed by atoms with van der Waals surface area (Å²) in [4.78, 5) is 32.5. The molecule has 27 heavy (non-hydrogen) atoms. The van der Waals surface area contributed by atoms with Gasteiger partial charge < -0.3 is 16.0 Å². The third-order valence-electron chi connectivity index (χ3n) is 3.29. The lowest BCUT2D eigenvalue weighted by Gasteiger charge is -2.07. The van der Waals surface area contributed by atoms with E-state index in [2.05, 4.69) is 29.7 Å². The highest BCUT2D eigenvalue weighted by Crippen LogP contribution is 2.14. The molecule has 0 aliphatic rings. The summed E-state index contributed by atoms with van der Waals surface area (Å²) in [7, 11) is 1.45. The number of hydrogen-bond donors (Lipinski definition) is 3. The van der Waals surface area contributed by atoms with E-state index in [1.165, 1.54) is 12.6 Å². The first-order valence-electron chi connectivity index (χ1n) is 8.50. The highest BCUT2D eigenvalue weighted by atomic mass is 19.4. The fourth-order valence-corrected chi connectivity index (χ4v) is 1.78. The van der Waals surface area contributed by atoms with Gasteiger partial charge in [0.25, 0.3) is 0 Å². The topological polar surface area (TPSA) is 87.3 Å². The van der Waals surface area contributed by atoms with Gasteiger partial charge in [0.2, 0.25) is 11.8 Å². The third kappa shape index (κ3) is 14.3. The summed E-state index contributed by atoms with van der Waals surface area (Å²) < 4.78 is 35.4. The molecule has 3 amide bonds. The zero-order valence-corrected chi connectivity index (χ0v) is 15.5. The van der Waals surface area contributed by atoms with E-state index in [0.717, 1.165) is 0 Å². The van der Waals surface area contributed by atoms with Crippen molar-refractivity contribution in [3.63, 3.8) is 0 Å². The number of carbonyl (C=O) groups excluding carboxylic acids is 3. The van der Waals surface area contributed by atoms with Crippen molar-refractivity contribution >= 4 is 17.7 Å². The number of likely N-dealkylation sites (N-methyl/N-ethyl adjacent to an activating group) is 1. The van der Waals surface area contributed by atoms with Crippen molar-refractivity contribution < 1.29 is 27.6 Å². The van der Waals surface area contributed by atoms with Crippen molar-refractivity contribution in [3.8, 4) is 0 Å². The van der Waals surface area contributed by atoms with Crippen molar-refractivity contribution in [3.05, 3.63) is 35.9 Å². The summed E-state index contributed by atoms with van der Waals surface area (Å²) >= 11 is 0. The van der Waals surface area contributed by atoms with Crippen molar-refractivity contribution in [2.75, 3.05) is 20.1 Å². The molecule has 0 aromatic heterocycles. The minimum absolute atomic E-state index is 0.0851. The van der Waals surface area contributed by atoms with Crippen LogP contribution in [0.5, 0.6) is 0 Å². The Balaban J connectivity index is 0.000000797. The van der Waals surface area contributed by atoms with E-state index in [9.17, 15) is 27.6 Å². The number of unbranched alkanes of at least 4 members (excludes halogenated alkanes) is 2. The molecule has 0 atom stereocenters. The molecule has 1 aromatic rings. The molecule has 0 heterocycles.